The number of benzene rings is 1. The molecule has 0 aliphatic rings. The van der Waals surface area contributed by atoms with Crippen LogP contribution in [0.15, 0.2) is 30.3 Å². The lowest BCUT2D eigenvalue weighted by molar-refractivity contribution is -0.107. The Hall–Kier alpha value is -0.893. The third-order valence-corrected chi connectivity index (χ3v) is 10.4. The largest absolute Gasteiger partial charge is 0.303 e. The van der Waals surface area contributed by atoms with E-state index in [0.29, 0.717) is 0 Å². The summed E-state index contributed by atoms with van der Waals surface area (Å²) < 4.78 is 0. The molecule has 0 amide bonds. The molecule has 2 heteroatoms. The van der Waals surface area contributed by atoms with E-state index in [1.165, 1.54) is 11.8 Å². The molecule has 0 aliphatic carbocycles. The highest BCUT2D eigenvalue weighted by Crippen LogP contribution is 2.43. The van der Waals surface area contributed by atoms with E-state index in [9.17, 15) is 4.79 Å². The molecule has 0 heterocycles. The van der Waals surface area contributed by atoms with E-state index in [1.807, 2.05) is 18.2 Å². The number of carbonyl (C=O) groups is 1. The summed E-state index contributed by atoms with van der Waals surface area (Å²) >= 11 is 0. The average molecular weight is 248 g/mol. The van der Waals surface area contributed by atoms with Crippen molar-refractivity contribution in [1.82, 2.24) is 0 Å². The standard InChI is InChI=1S/C15H24OSi/c1-15(2,3)17(4,5)14(12-16)11-13-9-7-6-8-10-13/h6-10,12,14H,11H2,1-5H3/t14-/m1/s1. The van der Waals surface area contributed by atoms with Gasteiger partial charge in [-0.05, 0) is 17.0 Å². The summed E-state index contributed by atoms with van der Waals surface area (Å²) in [6, 6.07) is 10.3. The van der Waals surface area contributed by atoms with Gasteiger partial charge in [-0.2, -0.15) is 0 Å². The summed E-state index contributed by atoms with van der Waals surface area (Å²) in [5.74, 6) is 0. The van der Waals surface area contributed by atoms with E-state index in [-0.39, 0.29) is 10.6 Å². The number of hydrogen-bond acceptors (Lipinski definition) is 1. The van der Waals surface area contributed by atoms with Gasteiger partial charge >= 0.3 is 0 Å². The second kappa shape index (κ2) is 5.17. The topological polar surface area (TPSA) is 17.1 Å². The predicted octanol–water partition coefficient (Wildman–Crippen LogP) is 4.31. The third-order valence-electron chi connectivity index (χ3n) is 4.32. The van der Waals surface area contributed by atoms with Crippen molar-refractivity contribution in [3.05, 3.63) is 35.9 Å². The Morgan fingerprint density at radius 3 is 2.12 bits per heavy atom. The molecule has 1 nitrogen and oxygen atoms in total. The van der Waals surface area contributed by atoms with E-state index in [2.05, 4.69) is 46.0 Å². The zero-order valence-electron chi connectivity index (χ0n) is 11.7. The molecule has 1 atom stereocenters. The second-order valence-electron chi connectivity index (χ2n) is 6.40. The fourth-order valence-electron chi connectivity index (χ4n) is 1.90. The maximum absolute atomic E-state index is 11.4. The van der Waals surface area contributed by atoms with Crippen LogP contribution in [0, 0.1) is 0 Å². The van der Waals surface area contributed by atoms with Crippen molar-refractivity contribution in [3.63, 3.8) is 0 Å². The van der Waals surface area contributed by atoms with E-state index in [1.54, 1.807) is 0 Å². The van der Waals surface area contributed by atoms with Crippen LogP contribution >= 0.6 is 0 Å². The molecule has 1 aromatic rings. The summed E-state index contributed by atoms with van der Waals surface area (Å²) in [6.07, 6.45) is 2.07. The number of rotatable bonds is 4. The van der Waals surface area contributed by atoms with Crippen molar-refractivity contribution in [3.8, 4) is 0 Å². The number of hydrogen-bond donors (Lipinski definition) is 0. The lowest BCUT2D eigenvalue weighted by Crippen LogP contribution is -2.43. The zero-order valence-corrected chi connectivity index (χ0v) is 12.7. The van der Waals surface area contributed by atoms with Gasteiger partial charge in [0.2, 0.25) is 0 Å². The highest BCUT2D eigenvalue weighted by Gasteiger charge is 2.41. The normalized spacial score (nSPS) is 14.4. The van der Waals surface area contributed by atoms with Crippen molar-refractivity contribution < 1.29 is 4.79 Å². The lowest BCUT2D eigenvalue weighted by atomic mass is 10.1. The molecule has 0 fully saturated rings. The van der Waals surface area contributed by atoms with Gasteiger partial charge in [-0.1, -0.05) is 64.2 Å². The van der Waals surface area contributed by atoms with Crippen LogP contribution < -0.4 is 0 Å². The Balaban J connectivity index is 2.90. The monoisotopic (exact) mass is 248 g/mol. The average Bonchev–Trinajstić information content (AvgIpc) is 2.25. The highest BCUT2D eigenvalue weighted by molar-refractivity contribution is 6.83. The van der Waals surface area contributed by atoms with Crippen molar-refractivity contribution in [2.75, 3.05) is 0 Å². The van der Waals surface area contributed by atoms with Gasteiger partial charge in [0.25, 0.3) is 0 Å². The maximum Gasteiger partial charge on any atom is 0.120 e. The Labute approximate surface area is 106 Å². The predicted molar refractivity (Wildman–Crippen MR) is 77.2 cm³/mol. The Morgan fingerprint density at radius 2 is 1.71 bits per heavy atom. The van der Waals surface area contributed by atoms with Crippen LogP contribution in [0.25, 0.3) is 0 Å². The second-order valence-corrected chi connectivity index (χ2v) is 12.1. The minimum atomic E-state index is -1.59. The number of carbonyl (C=O) groups excluding carboxylic acids is 1. The Bertz CT molecular complexity index is 362. The van der Waals surface area contributed by atoms with Crippen molar-refractivity contribution in [2.45, 2.75) is 50.9 Å². The van der Waals surface area contributed by atoms with Crippen LogP contribution in [0.1, 0.15) is 26.3 Å². The quantitative estimate of drug-likeness (QED) is 0.573. The first-order valence-corrected chi connectivity index (χ1v) is 9.36. The maximum atomic E-state index is 11.4. The van der Waals surface area contributed by atoms with Gasteiger partial charge < -0.3 is 4.79 Å². The lowest BCUT2D eigenvalue weighted by Gasteiger charge is -2.41. The van der Waals surface area contributed by atoms with Crippen LogP contribution in [0.3, 0.4) is 0 Å². The molecule has 0 aromatic heterocycles. The summed E-state index contributed by atoms with van der Waals surface area (Å²) in [5, 5.41) is 0.257. The van der Waals surface area contributed by atoms with Crippen LogP contribution in [-0.4, -0.2) is 14.4 Å². The van der Waals surface area contributed by atoms with Crippen LogP contribution in [0.5, 0.6) is 0 Å². The first kappa shape index (κ1) is 14.2. The molecule has 0 unspecified atom stereocenters. The molecule has 0 radical (unpaired) electrons. The van der Waals surface area contributed by atoms with Crippen LogP contribution in [0.4, 0.5) is 0 Å². The van der Waals surface area contributed by atoms with Crippen molar-refractivity contribution >= 4 is 14.4 Å². The molecule has 0 bridgehead atoms. The molecule has 1 rings (SSSR count). The van der Waals surface area contributed by atoms with Gasteiger partial charge in [-0.25, -0.2) is 0 Å². The van der Waals surface area contributed by atoms with E-state index >= 15 is 0 Å². The molecule has 1 aromatic carbocycles. The molecule has 0 saturated carbocycles. The molecule has 0 aliphatic heterocycles. The van der Waals surface area contributed by atoms with Crippen LogP contribution in [-0.2, 0) is 11.2 Å². The van der Waals surface area contributed by atoms with Crippen LogP contribution in [0.2, 0.25) is 23.7 Å². The molecule has 94 valence electrons. The minimum Gasteiger partial charge on any atom is -0.303 e. The fourth-order valence-corrected chi connectivity index (χ4v) is 4.10. The first-order chi connectivity index (χ1) is 7.79. The van der Waals surface area contributed by atoms with Gasteiger partial charge in [0, 0.05) is 5.54 Å². The van der Waals surface area contributed by atoms with Crippen molar-refractivity contribution in [2.24, 2.45) is 0 Å². The zero-order chi connectivity index (χ0) is 13.1. The van der Waals surface area contributed by atoms with E-state index in [0.717, 1.165) is 6.42 Å². The Morgan fingerprint density at radius 1 is 1.18 bits per heavy atom. The SMILES string of the molecule is CC(C)(C)[Si](C)(C)[C@@H](C=O)Cc1ccccc1. The minimum absolute atomic E-state index is 0.199. The first-order valence-electron chi connectivity index (χ1n) is 6.28. The Kier molecular flexibility index (Phi) is 4.31. The molecule has 0 spiro atoms. The smallest absolute Gasteiger partial charge is 0.120 e. The molecule has 17 heavy (non-hydrogen) atoms. The summed E-state index contributed by atoms with van der Waals surface area (Å²) in [4.78, 5) is 11.4. The van der Waals surface area contributed by atoms with E-state index in [4.69, 9.17) is 0 Å². The van der Waals surface area contributed by atoms with Gasteiger partial charge in [0.1, 0.15) is 6.29 Å². The summed E-state index contributed by atoms with van der Waals surface area (Å²) in [6.45, 7) is 11.5. The molecular weight excluding hydrogens is 224 g/mol. The fraction of sp³-hybridized carbons (Fsp3) is 0.533. The van der Waals surface area contributed by atoms with E-state index < -0.39 is 8.07 Å². The number of aldehydes is 1. The molecule has 0 saturated heterocycles. The molecular formula is C15H24OSi. The summed E-state index contributed by atoms with van der Waals surface area (Å²) in [5.41, 5.74) is 1.47. The highest BCUT2D eigenvalue weighted by atomic mass is 28.3. The van der Waals surface area contributed by atoms with Gasteiger partial charge in [-0.3, -0.25) is 0 Å². The van der Waals surface area contributed by atoms with Crippen molar-refractivity contribution in [1.29, 1.82) is 0 Å². The van der Waals surface area contributed by atoms with Gasteiger partial charge in [0.05, 0.1) is 8.07 Å². The summed E-state index contributed by atoms with van der Waals surface area (Å²) in [7, 11) is -1.59. The van der Waals surface area contributed by atoms with Gasteiger partial charge in [0.15, 0.2) is 0 Å². The third kappa shape index (κ3) is 3.29. The molecule has 0 N–H and O–H groups in total. The van der Waals surface area contributed by atoms with Gasteiger partial charge in [-0.15, -0.1) is 0 Å².